The third-order valence-electron chi connectivity index (χ3n) is 6.86. The van der Waals surface area contributed by atoms with Gasteiger partial charge in [0.05, 0.1) is 59.8 Å². The average Bonchev–Trinajstić information content (AvgIpc) is 3.87. The first-order valence-electron chi connectivity index (χ1n) is 17.2. The van der Waals surface area contributed by atoms with Gasteiger partial charge >= 0.3 is 11.9 Å². The molecule has 0 aliphatic heterocycles. The highest BCUT2D eigenvalue weighted by molar-refractivity contribution is 6.12. The number of para-hydroxylation sites is 3. The van der Waals surface area contributed by atoms with Gasteiger partial charge in [0.15, 0.2) is 12.1 Å². The molecule has 13 heteroatoms. The number of benzene rings is 3. The van der Waals surface area contributed by atoms with E-state index in [0.717, 1.165) is 45.8 Å². The molecule has 0 spiro atoms. The lowest BCUT2D eigenvalue weighted by atomic mass is 10.1. The van der Waals surface area contributed by atoms with Crippen molar-refractivity contribution in [3.8, 4) is 0 Å². The van der Waals surface area contributed by atoms with Crippen molar-refractivity contribution in [2.75, 3.05) is 14.2 Å². The van der Waals surface area contributed by atoms with Gasteiger partial charge in [-0.3, -0.25) is 19.2 Å². The Bertz CT molecular complexity index is 2030. The number of aryl methyl sites for hydroxylation is 3. The minimum atomic E-state index is -0.895. The summed E-state index contributed by atoms with van der Waals surface area (Å²) < 4.78 is 9.00. The zero-order chi connectivity index (χ0) is 39.4. The topological polar surface area (TPSA) is 193 Å². The van der Waals surface area contributed by atoms with Crippen LogP contribution in [-0.2, 0) is 19.1 Å². The fourth-order valence-electron chi connectivity index (χ4n) is 4.75. The zero-order valence-electron chi connectivity index (χ0n) is 32.0. The predicted octanol–water partition coefficient (Wildman–Crippen LogP) is 7.85. The summed E-state index contributed by atoms with van der Waals surface area (Å²) in [5.41, 5.74) is 6.32. The second-order valence-electron chi connectivity index (χ2n) is 10.2. The zero-order valence-corrected chi connectivity index (χ0v) is 32.0. The van der Waals surface area contributed by atoms with Crippen LogP contribution < -0.4 is 0 Å². The van der Waals surface area contributed by atoms with E-state index in [4.69, 9.17) is 0 Å². The lowest BCUT2D eigenvalue weighted by molar-refractivity contribution is -0.143. The van der Waals surface area contributed by atoms with Crippen LogP contribution >= 0.6 is 0 Å². The highest BCUT2D eigenvalue weighted by Crippen LogP contribution is 2.25. The van der Waals surface area contributed by atoms with Gasteiger partial charge in [0, 0.05) is 16.7 Å². The summed E-state index contributed by atoms with van der Waals surface area (Å²) in [4.78, 5) is 66.6. The Balaban J connectivity index is 0.000000368. The second-order valence-corrected chi connectivity index (χ2v) is 10.2. The maximum Gasteiger partial charge on any atom is 0.313 e. The standard InChI is InChI=1S/C12H14N2O3.C12H12N2O3.C9H8N2O.3C2H6/c2*1-7-13-9-5-3-4-8(12(9)14-7)10(15)6-11(16)17-2;1-6-10-8-4-2-3-7(5-12)9(8)11-6;3*1-2/h3-5,10,15H,6H2,1-2H3,(H,13,14);3-5H,6H2,1-2H3,(H,13,14);2-5H,1H3,(H,10,11);3*1-2H3. The van der Waals surface area contributed by atoms with Gasteiger partial charge in [0.25, 0.3) is 0 Å². The van der Waals surface area contributed by atoms with Crippen LogP contribution in [0.1, 0.15) is 104 Å². The van der Waals surface area contributed by atoms with Crippen molar-refractivity contribution in [2.24, 2.45) is 0 Å². The van der Waals surface area contributed by atoms with E-state index in [0.29, 0.717) is 27.7 Å². The molecular weight excluding hydrogens is 664 g/mol. The lowest BCUT2D eigenvalue weighted by Gasteiger charge is -2.09. The number of methoxy groups -OCH3 is 2. The number of aliphatic hydroxyl groups excluding tert-OH is 1. The number of nitrogens with zero attached hydrogens (tertiary/aromatic N) is 3. The van der Waals surface area contributed by atoms with Crippen LogP contribution in [0, 0.1) is 20.8 Å². The molecule has 52 heavy (non-hydrogen) atoms. The Morgan fingerprint density at radius 3 is 1.63 bits per heavy atom. The number of ether oxygens (including phenoxy) is 2. The number of ketones is 1. The molecule has 3 heterocycles. The van der Waals surface area contributed by atoms with Gasteiger partial charge in [-0.2, -0.15) is 0 Å². The van der Waals surface area contributed by atoms with Crippen molar-refractivity contribution in [3.63, 3.8) is 0 Å². The summed E-state index contributed by atoms with van der Waals surface area (Å²) in [7, 11) is 2.56. The number of hydrogen-bond donors (Lipinski definition) is 4. The highest BCUT2D eigenvalue weighted by Gasteiger charge is 2.18. The number of aromatic nitrogens is 6. The molecule has 0 fully saturated rings. The minimum absolute atomic E-state index is 0.0679. The molecule has 6 rings (SSSR count). The van der Waals surface area contributed by atoms with E-state index >= 15 is 0 Å². The Kier molecular flexibility index (Phi) is 19.5. The molecule has 0 aliphatic rings. The van der Waals surface area contributed by atoms with Gasteiger partial charge in [-0.15, -0.1) is 0 Å². The van der Waals surface area contributed by atoms with Crippen molar-refractivity contribution in [3.05, 3.63) is 88.8 Å². The number of Topliss-reactive ketones (excluding diaryl/α,β-unsaturated/α-hetero) is 1. The number of nitrogens with one attached hydrogen (secondary N) is 3. The minimum Gasteiger partial charge on any atom is -0.469 e. The molecule has 6 aromatic rings. The van der Waals surface area contributed by atoms with Crippen LogP contribution in [0.2, 0.25) is 0 Å². The van der Waals surface area contributed by atoms with Gasteiger partial charge in [0.2, 0.25) is 0 Å². The largest absolute Gasteiger partial charge is 0.469 e. The molecule has 3 aromatic carbocycles. The number of aldehydes is 1. The summed E-state index contributed by atoms with van der Waals surface area (Å²) in [6.07, 6.45) is -0.403. The van der Waals surface area contributed by atoms with E-state index in [1.807, 2.05) is 92.6 Å². The molecule has 0 saturated heterocycles. The fraction of sp³-hybridized carbons (Fsp3) is 0.359. The van der Waals surface area contributed by atoms with Crippen LogP contribution in [0.25, 0.3) is 33.1 Å². The van der Waals surface area contributed by atoms with E-state index in [-0.39, 0.29) is 18.6 Å². The molecule has 0 aliphatic carbocycles. The first-order valence-corrected chi connectivity index (χ1v) is 17.2. The van der Waals surface area contributed by atoms with Crippen molar-refractivity contribution in [2.45, 2.75) is 81.3 Å². The molecule has 0 amide bonds. The third kappa shape index (κ3) is 12.3. The maximum atomic E-state index is 11.9. The summed E-state index contributed by atoms with van der Waals surface area (Å²) in [5, 5.41) is 9.97. The Hall–Kier alpha value is -5.69. The first-order chi connectivity index (χ1) is 25.0. The SMILES string of the molecule is CC.CC.CC.COC(=O)CC(=O)c1cccc2[nH]c(C)nc12.COC(=O)CC(O)c1cccc2[nH]c(C)nc12.Cc1nc2c(C=O)cccc2[nH]1. The van der Waals surface area contributed by atoms with E-state index in [9.17, 15) is 24.3 Å². The number of carbonyl (C=O) groups excluding carboxylic acids is 4. The van der Waals surface area contributed by atoms with Crippen molar-refractivity contribution in [1.29, 1.82) is 0 Å². The van der Waals surface area contributed by atoms with E-state index in [1.54, 1.807) is 24.3 Å². The Labute approximate surface area is 304 Å². The summed E-state index contributed by atoms with van der Waals surface area (Å²) in [5.74, 6) is 1.07. The maximum absolute atomic E-state index is 11.9. The third-order valence-corrected chi connectivity index (χ3v) is 6.86. The molecule has 280 valence electrons. The van der Waals surface area contributed by atoms with Crippen LogP contribution in [0.5, 0.6) is 0 Å². The number of rotatable bonds is 7. The number of aliphatic hydroxyl groups is 1. The van der Waals surface area contributed by atoms with Crippen LogP contribution in [0.4, 0.5) is 0 Å². The van der Waals surface area contributed by atoms with E-state index in [1.165, 1.54) is 14.2 Å². The second kappa shape index (κ2) is 22.9. The number of esters is 2. The first kappa shape index (κ1) is 44.3. The summed E-state index contributed by atoms with van der Waals surface area (Å²) >= 11 is 0. The number of hydrogen-bond acceptors (Lipinski definition) is 10. The van der Waals surface area contributed by atoms with Crippen molar-refractivity contribution in [1.82, 2.24) is 29.9 Å². The number of imidazole rings is 3. The molecule has 0 saturated carbocycles. The number of aromatic amines is 3. The van der Waals surface area contributed by atoms with Crippen LogP contribution in [-0.4, -0.2) is 73.2 Å². The van der Waals surface area contributed by atoms with Gasteiger partial charge in [-0.25, -0.2) is 15.0 Å². The van der Waals surface area contributed by atoms with Gasteiger partial charge in [0.1, 0.15) is 23.9 Å². The van der Waals surface area contributed by atoms with Gasteiger partial charge < -0.3 is 29.5 Å². The van der Waals surface area contributed by atoms with E-state index in [2.05, 4.69) is 39.4 Å². The van der Waals surface area contributed by atoms with E-state index < -0.39 is 18.0 Å². The quantitative estimate of drug-likeness (QED) is 0.0547. The normalized spacial score (nSPS) is 10.3. The van der Waals surface area contributed by atoms with Gasteiger partial charge in [-0.1, -0.05) is 65.8 Å². The summed E-state index contributed by atoms with van der Waals surface area (Å²) in [6.45, 7) is 17.5. The molecular formula is C39H52N6O7. The molecule has 0 radical (unpaired) electrons. The van der Waals surface area contributed by atoms with Crippen LogP contribution in [0.15, 0.2) is 54.6 Å². The summed E-state index contributed by atoms with van der Waals surface area (Å²) in [6, 6.07) is 16.2. The number of carbonyl (C=O) groups is 4. The lowest BCUT2D eigenvalue weighted by Crippen LogP contribution is -2.09. The highest BCUT2D eigenvalue weighted by atomic mass is 16.5. The Morgan fingerprint density at radius 1 is 0.673 bits per heavy atom. The number of fused-ring (bicyclic) bond motifs is 3. The Morgan fingerprint density at radius 2 is 1.12 bits per heavy atom. The molecule has 1 atom stereocenters. The molecule has 1 unspecified atom stereocenters. The molecule has 13 nitrogen and oxygen atoms in total. The predicted molar refractivity (Wildman–Crippen MR) is 204 cm³/mol. The molecule has 3 aromatic heterocycles. The smallest absolute Gasteiger partial charge is 0.313 e. The monoisotopic (exact) mass is 716 g/mol. The average molecular weight is 717 g/mol. The molecule has 4 N–H and O–H groups in total. The number of H-pyrrole nitrogens is 3. The fourth-order valence-corrected chi connectivity index (χ4v) is 4.75. The van der Waals surface area contributed by atoms with Crippen LogP contribution in [0.3, 0.4) is 0 Å². The molecule has 0 bridgehead atoms. The van der Waals surface area contributed by atoms with Crippen molar-refractivity contribution >= 4 is 57.1 Å². The van der Waals surface area contributed by atoms with Gasteiger partial charge in [-0.05, 0) is 51.1 Å². The van der Waals surface area contributed by atoms with Crippen molar-refractivity contribution < 1.29 is 33.8 Å².